The van der Waals surface area contributed by atoms with Crippen molar-refractivity contribution < 1.29 is 24.2 Å². The molecule has 0 radical (unpaired) electrons. The molecule has 0 spiro atoms. The van der Waals surface area contributed by atoms with Crippen molar-refractivity contribution >= 4 is 23.2 Å². The minimum absolute atomic E-state index is 0.0138. The van der Waals surface area contributed by atoms with Crippen LogP contribution in [0.4, 0.5) is 5.69 Å². The summed E-state index contributed by atoms with van der Waals surface area (Å²) in [6.45, 7) is 3.56. The summed E-state index contributed by atoms with van der Waals surface area (Å²) in [6, 6.07) is 9.42. The van der Waals surface area contributed by atoms with E-state index in [1.165, 1.54) is 20.3 Å². The molecule has 2 rings (SSSR count). The topological polar surface area (TPSA) is 109 Å². The summed E-state index contributed by atoms with van der Waals surface area (Å²) in [7, 11) is 2.99. The zero-order valence-electron chi connectivity index (χ0n) is 16.9. The lowest BCUT2D eigenvalue weighted by Gasteiger charge is -2.10. The third kappa shape index (κ3) is 5.71. The lowest BCUT2D eigenvalue weighted by atomic mass is 10.1. The molecule has 0 saturated heterocycles. The van der Waals surface area contributed by atoms with Crippen molar-refractivity contribution in [3.63, 3.8) is 0 Å². The third-order valence-corrected chi connectivity index (χ3v) is 4.12. The third-order valence-electron chi connectivity index (χ3n) is 4.12. The van der Waals surface area contributed by atoms with Gasteiger partial charge in [-0.2, -0.15) is 5.10 Å². The Hall–Kier alpha value is -3.55. The highest BCUT2D eigenvalue weighted by Crippen LogP contribution is 2.27. The molecule has 8 heteroatoms. The van der Waals surface area contributed by atoms with Crippen molar-refractivity contribution in [3.8, 4) is 17.2 Å². The Morgan fingerprint density at radius 1 is 1.07 bits per heavy atom. The maximum absolute atomic E-state index is 12.4. The Bertz CT molecular complexity index is 925. The zero-order valence-corrected chi connectivity index (χ0v) is 16.9. The molecule has 0 bridgehead atoms. The Morgan fingerprint density at radius 3 is 2.45 bits per heavy atom. The van der Waals surface area contributed by atoms with Crippen LogP contribution >= 0.6 is 0 Å². The number of carbonyl (C=O) groups is 2. The number of aromatic hydroxyl groups is 1. The quantitative estimate of drug-likeness (QED) is 0.358. The summed E-state index contributed by atoms with van der Waals surface area (Å²) >= 11 is 0. The monoisotopic (exact) mass is 399 g/mol. The zero-order chi connectivity index (χ0) is 21.4. The number of anilines is 1. The van der Waals surface area contributed by atoms with Gasteiger partial charge < -0.3 is 19.9 Å². The number of ether oxygens (including phenoxy) is 2. The van der Waals surface area contributed by atoms with E-state index in [1.807, 2.05) is 6.92 Å². The second-order valence-corrected chi connectivity index (χ2v) is 6.24. The maximum atomic E-state index is 12.4. The lowest BCUT2D eigenvalue weighted by Crippen LogP contribution is -2.19. The average molecular weight is 399 g/mol. The van der Waals surface area contributed by atoms with Crippen LogP contribution < -0.4 is 20.2 Å². The van der Waals surface area contributed by atoms with Crippen LogP contribution in [0.2, 0.25) is 0 Å². The molecule has 0 atom stereocenters. The van der Waals surface area contributed by atoms with E-state index in [4.69, 9.17) is 9.47 Å². The van der Waals surface area contributed by atoms with Gasteiger partial charge in [-0.3, -0.25) is 9.59 Å². The van der Waals surface area contributed by atoms with Crippen LogP contribution in [0.15, 0.2) is 41.5 Å². The molecule has 0 aromatic heterocycles. The molecule has 0 heterocycles. The molecule has 0 aliphatic heterocycles. The number of hydrogen-bond donors (Lipinski definition) is 3. The first-order chi connectivity index (χ1) is 13.9. The number of methoxy groups -OCH3 is 2. The first-order valence-electron chi connectivity index (χ1n) is 9.09. The fourth-order valence-corrected chi connectivity index (χ4v) is 2.59. The Kier molecular flexibility index (Phi) is 7.59. The normalized spacial score (nSPS) is 11.0. The molecular weight excluding hydrogens is 374 g/mol. The number of rotatable bonds is 8. The van der Waals surface area contributed by atoms with E-state index in [2.05, 4.69) is 15.8 Å². The second-order valence-electron chi connectivity index (χ2n) is 6.24. The number of carbonyl (C=O) groups excluding carboxylic acids is 2. The van der Waals surface area contributed by atoms with Gasteiger partial charge in [-0.05, 0) is 49.7 Å². The lowest BCUT2D eigenvalue weighted by molar-refractivity contribution is -0.116. The van der Waals surface area contributed by atoms with Crippen LogP contribution in [-0.2, 0) is 4.79 Å². The fraction of sp³-hybridized carbons (Fsp3) is 0.286. The van der Waals surface area contributed by atoms with Crippen LogP contribution in [0, 0.1) is 0 Å². The van der Waals surface area contributed by atoms with Crippen LogP contribution in [0.1, 0.15) is 42.6 Å². The molecule has 3 N–H and O–H groups in total. The van der Waals surface area contributed by atoms with Gasteiger partial charge in [-0.15, -0.1) is 0 Å². The van der Waals surface area contributed by atoms with E-state index < -0.39 is 5.91 Å². The van der Waals surface area contributed by atoms with E-state index in [0.29, 0.717) is 40.4 Å². The van der Waals surface area contributed by atoms with E-state index in [9.17, 15) is 14.7 Å². The number of hydrogen-bond acceptors (Lipinski definition) is 6. The molecule has 0 fully saturated rings. The van der Waals surface area contributed by atoms with Gasteiger partial charge in [0, 0.05) is 23.2 Å². The Balaban J connectivity index is 2.16. The Labute approximate surface area is 169 Å². The fourth-order valence-electron chi connectivity index (χ4n) is 2.59. The van der Waals surface area contributed by atoms with Gasteiger partial charge in [0.1, 0.15) is 5.75 Å². The van der Waals surface area contributed by atoms with E-state index in [1.54, 1.807) is 37.3 Å². The number of phenolic OH excluding ortho intramolecular Hbond substituents is 1. The largest absolute Gasteiger partial charge is 0.507 e. The molecule has 0 aliphatic rings. The first-order valence-corrected chi connectivity index (χ1v) is 9.09. The molecule has 2 aromatic rings. The van der Waals surface area contributed by atoms with E-state index in [-0.39, 0.29) is 11.7 Å². The molecule has 29 heavy (non-hydrogen) atoms. The first kappa shape index (κ1) is 21.7. The van der Waals surface area contributed by atoms with Crippen molar-refractivity contribution in [1.82, 2.24) is 5.43 Å². The van der Waals surface area contributed by atoms with Gasteiger partial charge in [0.2, 0.25) is 5.91 Å². The predicted molar refractivity (Wildman–Crippen MR) is 111 cm³/mol. The SMILES string of the molecule is CCCC(=O)Nc1ccc(O)c(/C(C)=N/NC(=O)c2ccc(OC)c(OC)c2)c1. The van der Waals surface area contributed by atoms with Crippen molar-refractivity contribution in [2.24, 2.45) is 5.10 Å². The summed E-state index contributed by atoms with van der Waals surface area (Å²) in [5.41, 5.74) is 4.10. The predicted octanol–water partition coefficient (Wildman–Crippen LogP) is 3.30. The van der Waals surface area contributed by atoms with Crippen molar-refractivity contribution in [1.29, 1.82) is 0 Å². The van der Waals surface area contributed by atoms with Gasteiger partial charge in [0.15, 0.2) is 11.5 Å². The standard InChI is InChI=1S/C21H25N3O5/c1-5-6-20(26)22-15-8-9-17(25)16(12-15)13(2)23-24-21(27)14-7-10-18(28-3)19(11-14)29-4/h7-12,25H,5-6H2,1-4H3,(H,22,26)(H,24,27)/b23-13+. The number of nitrogens with one attached hydrogen (secondary N) is 2. The molecule has 2 amide bonds. The minimum Gasteiger partial charge on any atom is -0.507 e. The van der Waals surface area contributed by atoms with Crippen LogP contribution in [0.3, 0.4) is 0 Å². The summed E-state index contributed by atoms with van der Waals surface area (Å²) in [5.74, 6) is 0.363. The van der Waals surface area contributed by atoms with Gasteiger partial charge in [0.25, 0.3) is 5.91 Å². The highest BCUT2D eigenvalue weighted by Gasteiger charge is 2.12. The molecule has 0 aliphatic carbocycles. The smallest absolute Gasteiger partial charge is 0.271 e. The summed E-state index contributed by atoms with van der Waals surface area (Å²) in [5, 5.41) is 16.9. The highest BCUT2D eigenvalue weighted by atomic mass is 16.5. The van der Waals surface area contributed by atoms with Gasteiger partial charge in [0.05, 0.1) is 19.9 Å². The molecule has 154 valence electrons. The van der Waals surface area contributed by atoms with Crippen LogP contribution in [-0.4, -0.2) is 36.9 Å². The number of hydrazone groups is 1. The average Bonchev–Trinajstić information content (AvgIpc) is 2.72. The Morgan fingerprint density at radius 2 is 1.79 bits per heavy atom. The van der Waals surface area contributed by atoms with Crippen molar-refractivity contribution in [3.05, 3.63) is 47.5 Å². The van der Waals surface area contributed by atoms with Gasteiger partial charge >= 0.3 is 0 Å². The molecule has 0 unspecified atom stereocenters. The minimum atomic E-state index is -0.447. The number of phenols is 1. The summed E-state index contributed by atoms with van der Waals surface area (Å²) < 4.78 is 10.3. The van der Waals surface area contributed by atoms with Crippen LogP contribution in [0.5, 0.6) is 17.2 Å². The number of benzene rings is 2. The molecule has 2 aromatic carbocycles. The second kappa shape index (κ2) is 10.1. The van der Waals surface area contributed by atoms with Gasteiger partial charge in [-0.1, -0.05) is 6.92 Å². The maximum Gasteiger partial charge on any atom is 0.271 e. The number of nitrogens with zero attached hydrogens (tertiary/aromatic N) is 1. The van der Waals surface area contributed by atoms with Crippen molar-refractivity contribution in [2.75, 3.05) is 19.5 Å². The van der Waals surface area contributed by atoms with E-state index >= 15 is 0 Å². The molecular formula is C21H25N3O5. The molecule has 8 nitrogen and oxygen atoms in total. The van der Waals surface area contributed by atoms with Crippen LogP contribution in [0.25, 0.3) is 0 Å². The summed E-state index contributed by atoms with van der Waals surface area (Å²) in [6.07, 6.45) is 1.14. The number of amides is 2. The van der Waals surface area contributed by atoms with Crippen molar-refractivity contribution in [2.45, 2.75) is 26.7 Å². The highest BCUT2D eigenvalue weighted by molar-refractivity contribution is 6.04. The molecule has 0 saturated carbocycles. The summed E-state index contributed by atoms with van der Waals surface area (Å²) in [4.78, 5) is 24.2. The van der Waals surface area contributed by atoms with E-state index in [0.717, 1.165) is 6.42 Å². The van der Waals surface area contributed by atoms with Gasteiger partial charge in [-0.25, -0.2) is 5.43 Å².